The second kappa shape index (κ2) is 5.37. The van der Waals surface area contributed by atoms with Gasteiger partial charge in [0.25, 0.3) is 5.91 Å². The minimum absolute atomic E-state index is 0.246. The maximum absolute atomic E-state index is 12.0. The molecule has 2 aromatic rings. The molecule has 0 spiro atoms. The molecule has 0 fully saturated rings. The molecule has 0 radical (unpaired) electrons. The van der Waals surface area contributed by atoms with Crippen molar-refractivity contribution in [1.29, 1.82) is 0 Å². The maximum Gasteiger partial charge on any atom is 0.255 e. The fraction of sp³-hybridized carbons (Fsp3) is 0. The van der Waals surface area contributed by atoms with Crippen molar-refractivity contribution in [3.05, 3.63) is 51.7 Å². The minimum Gasteiger partial charge on any atom is -0.398 e. The lowest BCUT2D eigenvalue weighted by Crippen LogP contribution is -2.12. The van der Waals surface area contributed by atoms with E-state index in [4.69, 9.17) is 17.3 Å². The summed E-state index contributed by atoms with van der Waals surface area (Å²) in [6.45, 7) is 0. The van der Waals surface area contributed by atoms with Crippen LogP contribution in [0.25, 0.3) is 0 Å². The predicted octanol–water partition coefficient (Wildman–Crippen LogP) is 3.33. The van der Waals surface area contributed by atoms with Gasteiger partial charge in [-0.05, 0) is 46.3 Å². The summed E-state index contributed by atoms with van der Waals surface area (Å²) in [5, 5.41) is 2.92. The van der Waals surface area contributed by atoms with Crippen molar-refractivity contribution < 1.29 is 4.79 Å². The van der Waals surface area contributed by atoms with Crippen LogP contribution in [0.15, 0.2) is 41.0 Å². The highest BCUT2D eigenvalue weighted by atomic mass is 79.9. The molecule has 0 aliphatic rings. The smallest absolute Gasteiger partial charge is 0.255 e. The summed E-state index contributed by atoms with van der Waals surface area (Å²) in [6.07, 6.45) is 1.55. The Morgan fingerprint density at radius 2 is 2.17 bits per heavy atom. The van der Waals surface area contributed by atoms with Crippen molar-refractivity contribution in [2.45, 2.75) is 0 Å². The second-order valence-corrected chi connectivity index (χ2v) is 4.74. The van der Waals surface area contributed by atoms with Crippen molar-refractivity contribution in [1.82, 2.24) is 4.98 Å². The third kappa shape index (κ3) is 2.80. The van der Waals surface area contributed by atoms with E-state index in [0.717, 1.165) is 4.47 Å². The standard InChI is InChI=1S/C12H9BrClN3O/c13-8-4-3-7(6-9(8)15)12(18)17-10-2-1-5-16-11(10)14/h1-6H,15H2,(H,17,18). The molecule has 18 heavy (non-hydrogen) atoms. The number of rotatable bonds is 2. The fourth-order valence-corrected chi connectivity index (χ4v) is 1.77. The topological polar surface area (TPSA) is 68.0 Å². The van der Waals surface area contributed by atoms with E-state index in [1.807, 2.05) is 0 Å². The number of nitrogen functional groups attached to an aromatic ring is 1. The highest BCUT2D eigenvalue weighted by Crippen LogP contribution is 2.22. The Hall–Kier alpha value is -1.59. The molecule has 4 nitrogen and oxygen atoms in total. The molecular weight excluding hydrogens is 318 g/mol. The summed E-state index contributed by atoms with van der Waals surface area (Å²) in [4.78, 5) is 15.8. The molecule has 1 amide bonds. The summed E-state index contributed by atoms with van der Waals surface area (Å²) in [6, 6.07) is 8.34. The predicted molar refractivity (Wildman–Crippen MR) is 75.8 cm³/mol. The summed E-state index contributed by atoms with van der Waals surface area (Å²) in [5.74, 6) is -0.288. The van der Waals surface area contributed by atoms with Gasteiger partial charge in [-0.1, -0.05) is 11.6 Å². The first-order valence-electron chi connectivity index (χ1n) is 5.05. The van der Waals surface area contributed by atoms with Gasteiger partial charge in [0.1, 0.15) is 0 Å². The number of carbonyl (C=O) groups is 1. The average molecular weight is 327 g/mol. The van der Waals surface area contributed by atoms with Gasteiger partial charge in [0.05, 0.1) is 5.69 Å². The molecule has 0 unspecified atom stereocenters. The lowest BCUT2D eigenvalue weighted by atomic mass is 10.2. The van der Waals surface area contributed by atoms with E-state index in [1.54, 1.807) is 36.5 Å². The molecular formula is C12H9BrClN3O. The zero-order valence-electron chi connectivity index (χ0n) is 9.15. The zero-order valence-corrected chi connectivity index (χ0v) is 11.5. The van der Waals surface area contributed by atoms with Crippen LogP contribution in [0.2, 0.25) is 5.15 Å². The second-order valence-electron chi connectivity index (χ2n) is 3.53. The number of nitrogens with two attached hydrogens (primary N) is 1. The van der Waals surface area contributed by atoms with Crippen LogP contribution in [-0.2, 0) is 0 Å². The quantitative estimate of drug-likeness (QED) is 0.657. The molecule has 1 aromatic heterocycles. The summed E-state index contributed by atoms with van der Waals surface area (Å²) in [7, 11) is 0. The van der Waals surface area contributed by atoms with Crippen molar-refractivity contribution in [2.75, 3.05) is 11.1 Å². The van der Waals surface area contributed by atoms with Gasteiger partial charge in [-0.15, -0.1) is 0 Å². The first-order valence-corrected chi connectivity index (χ1v) is 6.22. The third-order valence-electron chi connectivity index (χ3n) is 2.27. The van der Waals surface area contributed by atoms with Gasteiger partial charge in [-0.3, -0.25) is 4.79 Å². The number of benzene rings is 1. The van der Waals surface area contributed by atoms with Gasteiger partial charge in [0.2, 0.25) is 0 Å². The van der Waals surface area contributed by atoms with Gasteiger partial charge >= 0.3 is 0 Å². The van der Waals surface area contributed by atoms with Crippen LogP contribution in [0.3, 0.4) is 0 Å². The Morgan fingerprint density at radius 1 is 1.39 bits per heavy atom. The van der Waals surface area contributed by atoms with Crippen molar-refractivity contribution in [3.63, 3.8) is 0 Å². The van der Waals surface area contributed by atoms with Gasteiger partial charge in [-0.2, -0.15) is 0 Å². The third-order valence-corrected chi connectivity index (χ3v) is 3.29. The molecule has 0 aliphatic heterocycles. The van der Waals surface area contributed by atoms with Gasteiger partial charge in [0.15, 0.2) is 5.15 Å². The Kier molecular flexibility index (Phi) is 3.84. The number of hydrogen-bond donors (Lipinski definition) is 2. The Labute approximate surface area is 117 Å². The van der Waals surface area contributed by atoms with E-state index in [0.29, 0.717) is 16.9 Å². The lowest BCUT2D eigenvalue weighted by Gasteiger charge is -2.07. The summed E-state index contributed by atoms with van der Waals surface area (Å²) in [5.41, 5.74) is 7.13. The molecule has 2 rings (SSSR count). The number of amides is 1. The first-order chi connectivity index (χ1) is 8.58. The number of nitrogens with zero attached hydrogens (tertiary/aromatic N) is 1. The molecule has 3 N–H and O–H groups in total. The molecule has 1 heterocycles. The van der Waals surface area contributed by atoms with Crippen LogP contribution in [-0.4, -0.2) is 10.9 Å². The molecule has 0 saturated carbocycles. The van der Waals surface area contributed by atoms with Crippen LogP contribution in [0.5, 0.6) is 0 Å². The van der Waals surface area contributed by atoms with E-state index < -0.39 is 0 Å². The van der Waals surface area contributed by atoms with E-state index >= 15 is 0 Å². The number of hydrogen-bond acceptors (Lipinski definition) is 3. The largest absolute Gasteiger partial charge is 0.398 e. The molecule has 92 valence electrons. The number of nitrogens with one attached hydrogen (secondary N) is 1. The van der Waals surface area contributed by atoms with Gasteiger partial charge in [-0.25, -0.2) is 4.98 Å². The number of halogens is 2. The van der Waals surface area contributed by atoms with Crippen molar-refractivity contribution in [2.24, 2.45) is 0 Å². The van der Waals surface area contributed by atoms with Crippen LogP contribution >= 0.6 is 27.5 Å². The lowest BCUT2D eigenvalue weighted by molar-refractivity contribution is 0.102. The van der Waals surface area contributed by atoms with E-state index in [-0.39, 0.29) is 11.1 Å². The highest BCUT2D eigenvalue weighted by Gasteiger charge is 2.09. The first kappa shape index (κ1) is 12.9. The van der Waals surface area contributed by atoms with E-state index in [9.17, 15) is 4.79 Å². The molecule has 0 atom stereocenters. The molecule has 6 heteroatoms. The van der Waals surface area contributed by atoms with Gasteiger partial charge < -0.3 is 11.1 Å². The SMILES string of the molecule is Nc1cc(C(=O)Nc2cccnc2Cl)ccc1Br. The van der Waals surface area contributed by atoms with Crippen LogP contribution in [0.4, 0.5) is 11.4 Å². The number of pyridine rings is 1. The highest BCUT2D eigenvalue weighted by molar-refractivity contribution is 9.10. The number of anilines is 2. The Bertz CT molecular complexity index is 604. The average Bonchev–Trinajstić information content (AvgIpc) is 2.35. The summed E-state index contributed by atoms with van der Waals surface area (Å²) >= 11 is 9.12. The Balaban J connectivity index is 2.22. The molecule has 1 aromatic carbocycles. The van der Waals surface area contributed by atoms with Crippen molar-refractivity contribution in [3.8, 4) is 0 Å². The van der Waals surface area contributed by atoms with E-state index in [2.05, 4.69) is 26.2 Å². The zero-order chi connectivity index (χ0) is 13.1. The van der Waals surface area contributed by atoms with Crippen molar-refractivity contribution >= 4 is 44.8 Å². The number of aromatic nitrogens is 1. The van der Waals surface area contributed by atoms with Gasteiger partial charge in [0, 0.05) is 21.9 Å². The molecule has 0 bridgehead atoms. The maximum atomic E-state index is 12.0. The molecule has 0 aliphatic carbocycles. The summed E-state index contributed by atoms with van der Waals surface area (Å²) < 4.78 is 0.749. The van der Waals surface area contributed by atoms with E-state index in [1.165, 1.54) is 0 Å². The normalized spacial score (nSPS) is 10.1. The Morgan fingerprint density at radius 3 is 2.83 bits per heavy atom. The van der Waals surface area contributed by atoms with Crippen LogP contribution in [0, 0.1) is 0 Å². The van der Waals surface area contributed by atoms with Crippen LogP contribution in [0.1, 0.15) is 10.4 Å². The fourth-order valence-electron chi connectivity index (χ4n) is 1.36. The molecule has 0 saturated heterocycles. The number of carbonyl (C=O) groups excluding carboxylic acids is 1. The van der Waals surface area contributed by atoms with Crippen LogP contribution < -0.4 is 11.1 Å². The minimum atomic E-state index is -0.288. The monoisotopic (exact) mass is 325 g/mol.